The van der Waals surface area contributed by atoms with Gasteiger partial charge in [0, 0.05) is 25.7 Å². The molecule has 1 saturated heterocycles. The number of nitrogens with one attached hydrogen (secondary N) is 1. The van der Waals surface area contributed by atoms with Gasteiger partial charge in [-0.1, -0.05) is 0 Å². The van der Waals surface area contributed by atoms with Gasteiger partial charge in [0.15, 0.2) is 0 Å². The number of hydrogen-bond acceptors (Lipinski definition) is 3. The van der Waals surface area contributed by atoms with Gasteiger partial charge in [-0.2, -0.15) is 0 Å². The summed E-state index contributed by atoms with van der Waals surface area (Å²) in [4.78, 5) is 2.49. The Morgan fingerprint density at radius 3 is 2.77 bits per heavy atom. The van der Waals surface area contributed by atoms with Crippen LogP contribution in [0, 0.1) is 0 Å². The highest BCUT2D eigenvalue weighted by molar-refractivity contribution is 4.82. The Morgan fingerprint density at radius 1 is 1.54 bits per heavy atom. The molecule has 1 heterocycles. The molecule has 3 heteroatoms. The zero-order valence-electron chi connectivity index (χ0n) is 9.26. The van der Waals surface area contributed by atoms with Crippen molar-refractivity contribution in [1.82, 2.24) is 10.2 Å². The average Bonchev–Trinajstić information content (AvgIpc) is 2.03. The molecule has 3 nitrogen and oxygen atoms in total. The quantitative estimate of drug-likeness (QED) is 0.702. The van der Waals surface area contributed by atoms with Gasteiger partial charge in [-0.15, -0.1) is 0 Å². The summed E-state index contributed by atoms with van der Waals surface area (Å²) in [6.45, 7) is 10.6. The number of morpholine rings is 1. The zero-order chi connectivity index (χ0) is 9.90. The lowest BCUT2D eigenvalue weighted by molar-refractivity contribution is -0.0949. The molecule has 1 N–H and O–H groups in total. The first-order valence-corrected chi connectivity index (χ1v) is 5.08. The van der Waals surface area contributed by atoms with Crippen LogP contribution in [0.15, 0.2) is 0 Å². The largest absolute Gasteiger partial charge is 0.373 e. The van der Waals surface area contributed by atoms with Crippen LogP contribution in [0.2, 0.25) is 0 Å². The SMILES string of the molecule is CNCC(C)N1CCOC(C)(C)C1. The van der Waals surface area contributed by atoms with Crippen LogP contribution in [0.3, 0.4) is 0 Å². The summed E-state index contributed by atoms with van der Waals surface area (Å²) < 4.78 is 5.66. The average molecular weight is 186 g/mol. The predicted octanol–water partition coefficient (Wildman–Crippen LogP) is 0.705. The summed E-state index contributed by atoms with van der Waals surface area (Å²) in [5.41, 5.74) is 0.0280. The van der Waals surface area contributed by atoms with Gasteiger partial charge in [0.2, 0.25) is 0 Å². The maximum atomic E-state index is 5.66. The predicted molar refractivity (Wildman–Crippen MR) is 55.0 cm³/mol. The Morgan fingerprint density at radius 2 is 2.23 bits per heavy atom. The maximum Gasteiger partial charge on any atom is 0.0753 e. The highest BCUT2D eigenvalue weighted by Gasteiger charge is 2.29. The van der Waals surface area contributed by atoms with Gasteiger partial charge in [-0.3, -0.25) is 4.90 Å². The molecule has 0 saturated carbocycles. The molecule has 1 unspecified atom stereocenters. The second-order valence-corrected chi connectivity index (χ2v) is 4.49. The van der Waals surface area contributed by atoms with Gasteiger partial charge in [0.05, 0.1) is 12.2 Å². The summed E-state index contributed by atoms with van der Waals surface area (Å²) in [6, 6.07) is 0.605. The molecular formula is C10H22N2O. The van der Waals surface area contributed by atoms with Crippen LogP contribution >= 0.6 is 0 Å². The minimum absolute atomic E-state index is 0.0280. The van der Waals surface area contributed by atoms with Crippen LogP contribution in [-0.4, -0.2) is 49.8 Å². The molecule has 13 heavy (non-hydrogen) atoms. The minimum atomic E-state index is 0.0280. The normalized spacial score (nSPS) is 25.8. The van der Waals surface area contributed by atoms with Crippen LogP contribution in [0.1, 0.15) is 20.8 Å². The fourth-order valence-corrected chi connectivity index (χ4v) is 1.85. The van der Waals surface area contributed by atoms with E-state index in [9.17, 15) is 0 Å². The molecule has 1 aliphatic heterocycles. The van der Waals surface area contributed by atoms with Crippen molar-refractivity contribution in [1.29, 1.82) is 0 Å². The smallest absolute Gasteiger partial charge is 0.0753 e. The van der Waals surface area contributed by atoms with Gasteiger partial charge in [0.25, 0.3) is 0 Å². The van der Waals surface area contributed by atoms with Crippen molar-refractivity contribution in [2.45, 2.75) is 32.4 Å². The fourth-order valence-electron chi connectivity index (χ4n) is 1.85. The van der Waals surface area contributed by atoms with Crippen LogP contribution in [-0.2, 0) is 4.74 Å². The van der Waals surface area contributed by atoms with E-state index >= 15 is 0 Å². The standard InChI is InChI=1S/C10H22N2O/c1-9(7-11-4)12-5-6-13-10(2,3)8-12/h9,11H,5-8H2,1-4H3. The lowest BCUT2D eigenvalue weighted by atomic mass is 10.1. The maximum absolute atomic E-state index is 5.66. The van der Waals surface area contributed by atoms with E-state index in [1.807, 2.05) is 7.05 Å². The summed E-state index contributed by atoms with van der Waals surface area (Å²) in [6.07, 6.45) is 0. The molecule has 1 fully saturated rings. The highest BCUT2D eigenvalue weighted by atomic mass is 16.5. The zero-order valence-corrected chi connectivity index (χ0v) is 9.26. The lowest BCUT2D eigenvalue weighted by Crippen LogP contribution is -2.53. The van der Waals surface area contributed by atoms with Gasteiger partial charge >= 0.3 is 0 Å². The van der Waals surface area contributed by atoms with Gasteiger partial charge < -0.3 is 10.1 Å². The molecule has 0 amide bonds. The molecule has 78 valence electrons. The first-order valence-electron chi connectivity index (χ1n) is 5.08. The second-order valence-electron chi connectivity index (χ2n) is 4.49. The van der Waals surface area contributed by atoms with E-state index in [2.05, 4.69) is 31.0 Å². The van der Waals surface area contributed by atoms with Gasteiger partial charge in [0.1, 0.15) is 0 Å². The molecule has 1 rings (SSSR count). The van der Waals surface area contributed by atoms with E-state index in [0.717, 1.165) is 26.2 Å². The number of nitrogens with zero attached hydrogens (tertiary/aromatic N) is 1. The molecule has 0 aromatic heterocycles. The number of rotatable bonds is 3. The molecule has 1 aliphatic rings. The van der Waals surface area contributed by atoms with Gasteiger partial charge in [-0.25, -0.2) is 0 Å². The van der Waals surface area contributed by atoms with E-state index in [0.29, 0.717) is 6.04 Å². The molecule has 0 spiro atoms. The van der Waals surface area contributed by atoms with E-state index in [1.165, 1.54) is 0 Å². The Balaban J connectivity index is 2.42. The highest BCUT2D eigenvalue weighted by Crippen LogP contribution is 2.17. The molecular weight excluding hydrogens is 164 g/mol. The summed E-state index contributed by atoms with van der Waals surface area (Å²) in [5, 5.41) is 3.21. The van der Waals surface area contributed by atoms with Crippen LogP contribution in [0.4, 0.5) is 0 Å². The molecule has 0 radical (unpaired) electrons. The van der Waals surface area contributed by atoms with Crippen LogP contribution < -0.4 is 5.32 Å². The van der Waals surface area contributed by atoms with Crippen molar-refractivity contribution in [2.75, 3.05) is 33.3 Å². The fraction of sp³-hybridized carbons (Fsp3) is 1.00. The van der Waals surface area contributed by atoms with Crippen LogP contribution in [0.25, 0.3) is 0 Å². The molecule has 0 bridgehead atoms. The first-order chi connectivity index (χ1) is 6.05. The third kappa shape index (κ3) is 3.25. The van der Waals surface area contributed by atoms with E-state index in [-0.39, 0.29) is 5.60 Å². The van der Waals surface area contributed by atoms with Crippen LogP contribution in [0.5, 0.6) is 0 Å². The third-order valence-corrected chi connectivity index (χ3v) is 2.58. The Kier molecular flexibility index (Phi) is 3.71. The third-order valence-electron chi connectivity index (χ3n) is 2.58. The minimum Gasteiger partial charge on any atom is -0.373 e. The van der Waals surface area contributed by atoms with E-state index in [1.54, 1.807) is 0 Å². The second kappa shape index (κ2) is 4.40. The number of ether oxygens (including phenoxy) is 1. The van der Waals surface area contributed by atoms with Crippen molar-refractivity contribution in [2.24, 2.45) is 0 Å². The first kappa shape index (κ1) is 11.0. The summed E-state index contributed by atoms with van der Waals surface area (Å²) >= 11 is 0. The molecule has 0 aliphatic carbocycles. The number of likely N-dealkylation sites (N-methyl/N-ethyl adjacent to an activating group) is 1. The summed E-state index contributed by atoms with van der Waals surface area (Å²) in [7, 11) is 2.00. The lowest BCUT2D eigenvalue weighted by Gasteiger charge is -2.41. The topological polar surface area (TPSA) is 24.5 Å². The molecule has 0 aromatic rings. The number of hydrogen-bond donors (Lipinski definition) is 1. The van der Waals surface area contributed by atoms with Crippen molar-refractivity contribution in [3.63, 3.8) is 0 Å². The van der Waals surface area contributed by atoms with Gasteiger partial charge in [-0.05, 0) is 27.8 Å². The Hall–Kier alpha value is -0.120. The van der Waals surface area contributed by atoms with E-state index < -0.39 is 0 Å². The van der Waals surface area contributed by atoms with E-state index in [4.69, 9.17) is 4.74 Å². The molecule has 1 atom stereocenters. The molecule has 0 aromatic carbocycles. The van der Waals surface area contributed by atoms with Crippen molar-refractivity contribution >= 4 is 0 Å². The monoisotopic (exact) mass is 186 g/mol. The van der Waals surface area contributed by atoms with Crippen molar-refractivity contribution in [3.05, 3.63) is 0 Å². The Bertz CT molecular complexity index is 159. The summed E-state index contributed by atoms with van der Waals surface area (Å²) in [5.74, 6) is 0. The van der Waals surface area contributed by atoms with Crippen molar-refractivity contribution < 1.29 is 4.74 Å². The van der Waals surface area contributed by atoms with Crippen molar-refractivity contribution in [3.8, 4) is 0 Å². The Labute approximate surface area is 81.4 Å².